The SMILES string of the molecule is CCOc1ccc(C(=O)N2C[C@H](NC(C)=O)CC[C@@H]2C(F)(F)F)cc1. The van der Waals surface area contributed by atoms with E-state index < -0.39 is 24.2 Å². The molecule has 138 valence electrons. The number of alkyl halides is 3. The van der Waals surface area contributed by atoms with Gasteiger partial charge in [0, 0.05) is 25.1 Å². The predicted molar refractivity (Wildman–Crippen MR) is 85.3 cm³/mol. The highest BCUT2D eigenvalue weighted by molar-refractivity contribution is 5.94. The second-order valence-electron chi connectivity index (χ2n) is 5.95. The molecular weight excluding hydrogens is 337 g/mol. The van der Waals surface area contributed by atoms with E-state index in [0.717, 1.165) is 4.90 Å². The smallest absolute Gasteiger partial charge is 0.408 e. The Kier molecular flexibility index (Phi) is 5.92. The Morgan fingerprint density at radius 3 is 2.40 bits per heavy atom. The van der Waals surface area contributed by atoms with Gasteiger partial charge in [0.05, 0.1) is 6.61 Å². The van der Waals surface area contributed by atoms with E-state index in [-0.39, 0.29) is 30.9 Å². The number of hydrogen-bond acceptors (Lipinski definition) is 3. The number of halogens is 3. The van der Waals surface area contributed by atoms with Crippen molar-refractivity contribution >= 4 is 11.8 Å². The lowest BCUT2D eigenvalue weighted by Gasteiger charge is -2.40. The van der Waals surface area contributed by atoms with Gasteiger partial charge in [0.1, 0.15) is 11.8 Å². The molecule has 8 heteroatoms. The Labute approximate surface area is 144 Å². The first-order valence-corrected chi connectivity index (χ1v) is 8.10. The van der Waals surface area contributed by atoms with Crippen molar-refractivity contribution in [3.63, 3.8) is 0 Å². The summed E-state index contributed by atoms with van der Waals surface area (Å²) in [5.74, 6) is -0.495. The third kappa shape index (κ3) is 4.87. The molecule has 0 bridgehead atoms. The van der Waals surface area contributed by atoms with Crippen molar-refractivity contribution < 1.29 is 27.5 Å². The summed E-state index contributed by atoms with van der Waals surface area (Å²) in [4.78, 5) is 24.6. The van der Waals surface area contributed by atoms with Crippen LogP contribution >= 0.6 is 0 Å². The van der Waals surface area contributed by atoms with Crippen LogP contribution in [0.3, 0.4) is 0 Å². The Balaban J connectivity index is 2.22. The largest absolute Gasteiger partial charge is 0.494 e. The average Bonchev–Trinajstić information content (AvgIpc) is 2.53. The fourth-order valence-corrected chi connectivity index (χ4v) is 2.97. The Hall–Kier alpha value is -2.25. The number of ether oxygens (including phenoxy) is 1. The molecule has 25 heavy (non-hydrogen) atoms. The molecule has 1 heterocycles. The molecule has 0 aliphatic carbocycles. The van der Waals surface area contributed by atoms with Crippen LogP contribution in [0, 0.1) is 0 Å². The second kappa shape index (κ2) is 7.76. The first kappa shape index (κ1) is 19.1. The summed E-state index contributed by atoms with van der Waals surface area (Å²) in [6.07, 6.45) is -4.57. The minimum Gasteiger partial charge on any atom is -0.494 e. The highest BCUT2D eigenvalue weighted by Crippen LogP contribution is 2.33. The number of nitrogens with zero attached hydrogens (tertiary/aromatic N) is 1. The van der Waals surface area contributed by atoms with Gasteiger partial charge < -0.3 is 15.0 Å². The summed E-state index contributed by atoms with van der Waals surface area (Å²) in [5, 5.41) is 2.60. The molecule has 1 aromatic rings. The van der Waals surface area contributed by atoms with Crippen molar-refractivity contribution in [2.45, 2.75) is 44.9 Å². The summed E-state index contributed by atoms with van der Waals surface area (Å²) in [6, 6.07) is 3.66. The van der Waals surface area contributed by atoms with Crippen LogP contribution in [0.4, 0.5) is 13.2 Å². The fourth-order valence-electron chi connectivity index (χ4n) is 2.97. The standard InChI is InChI=1S/C17H21F3N2O3/c1-3-25-14-7-4-12(5-8-14)16(24)22-10-13(21-11(2)23)6-9-15(22)17(18,19)20/h4-5,7-8,13,15H,3,6,9-10H2,1-2H3,(H,21,23)/t13-,15-/m1/s1. The molecule has 1 saturated heterocycles. The topological polar surface area (TPSA) is 58.6 Å². The van der Waals surface area contributed by atoms with Crippen molar-refractivity contribution in [1.29, 1.82) is 0 Å². The molecule has 0 aromatic heterocycles. The summed E-state index contributed by atoms with van der Waals surface area (Å²) in [7, 11) is 0. The van der Waals surface area contributed by atoms with Crippen LogP contribution in [0.15, 0.2) is 24.3 Å². The molecule has 0 saturated carbocycles. The predicted octanol–water partition coefficient (Wildman–Crippen LogP) is 2.76. The van der Waals surface area contributed by atoms with E-state index in [1.807, 2.05) is 6.92 Å². The molecular formula is C17H21F3N2O3. The van der Waals surface area contributed by atoms with Gasteiger partial charge in [-0.05, 0) is 44.0 Å². The molecule has 0 spiro atoms. The maximum absolute atomic E-state index is 13.3. The number of benzene rings is 1. The van der Waals surface area contributed by atoms with E-state index >= 15 is 0 Å². The molecule has 0 radical (unpaired) electrons. The number of nitrogens with one attached hydrogen (secondary N) is 1. The lowest BCUT2D eigenvalue weighted by molar-refractivity contribution is -0.184. The molecule has 0 unspecified atom stereocenters. The first-order valence-electron chi connectivity index (χ1n) is 8.10. The maximum Gasteiger partial charge on any atom is 0.408 e. The van der Waals surface area contributed by atoms with E-state index in [0.29, 0.717) is 12.4 Å². The van der Waals surface area contributed by atoms with Gasteiger partial charge in [-0.1, -0.05) is 0 Å². The quantitative estimate of drug-likeness (QED) is 0.900. The summed E-state index contributed by atoms with van der Waals surface area (Å²) in [6.45, 7) is 3.39. The monoisotopic (exact) mass is 358 g/mol. The van der Waals surface area contributed by atoms with Crippen LogP contribution in [0.5, 0.6) is 5.75 Å². The number of piperidine rings is 1. The normalized spacial score (nSPS) is 20.9. The zero-order valence-electron chi connectivity index (χ0n) is 14.1. The van der Waals surface area contributed by atoms with Crippen LogP contribution in [-0.2, 0) is 4.79 Å². The summed E-state index contributed by atoms with van der Waals surface area (Å²) in [5.41, 5.74) is 0.154. The zero-order valence-corrected chi connectivity index (χ0v) is 14.1. The number of amides is 2. The van der Waals surface area contributed by atoms with Crippen LogP contribution in [-0.4, -0.2) is 48.1 Å². The van der Waals surface area contributed by atoms with E-state index in [4.69, 9.17) is 4.74 Å². The number of carbonyl (C=O) groups is 2. The van der Waals surface area contributed by atoms with Gasteiger partial charge >= 0.3 is 6.18 Å². The lowest BCUT2D eigenvalue weighted by Crippen LogP contribution is -2.58. The first-order chi connectivity index (χ1) is 11.7. The Morgan fingerprint density at radius 1 is 1.24 bits per heavy atom. The zero-order chi connectivity index (χ0) is 18.6. The van der Waals surface area contributed by atoms with Crippen molar-refractivity contribution in [2.24, 2.45) is 0 Å². The third-order valence-electron chi connectivity index (χ3n) is 4.04. The molecule has 1 N–H and O–H groups in total. The van der Waals surface area contributed by atoms with Crippen LogP contribution in [0.25, 0.3) is 0 Å². The molecule has 1 aliphatic heterocycles. The van der Waals surface area contributed by atoms with Gasteiger partial charge in [-0.15, -0.1) is 0 Å². The van der Waals surface area contributed by atoms with E-state index in [2.05, 4.69) is 5.32 Å². The van der Waals surface area contributed by atoms with Crippen LogP contribution in [0.2, 0.25) is 0 Å². The highest BCUT2D eigenvalue weighted by Gasteiger charge is 2.48. The summed E-state index contributed by atoms with van der Waals surface area (Å²) < 4.78 is 45.2. The Bertz CT molecular complexity index is 617. The average molecular weight is 358 g/mol. The van der Waals surface area contributed by atoms with E-state index in [1.54, 1.807) is 12.1 Å². The van der Waals surface area contributed by atoms with Crippen molar-refractivity contribution in [3.05, 3.63) is 29.8 Å². The minimum absolute atomic E-state index is 0.154. The van der Waals surface area contributed by atoms with Gasteiger partial charge in [-0.2, -0.15) is 13.2 Å². The van der Waals surface area contributed by atoms with E-state index in [1.165, 1.54) is 19.1 Å². The van der Waals surface area contributed by atoms with Crippen LogP contribution < -0.4 is 10.1 Å². The van der Waals surface area contributed by atoms with Crippen molar-refractivity contribution in [1.82, 2.24) is 10.2 Å². The fraction of sp³-hybridized carbons (Fsp3) is 0.529. The van der Waals surface area contributed by atoms with Crippen molar-refractivity contribution in [3.8, 4) is 5.75 Å². The number of rotatable bonds is 4. The van der Waals surface area contributed by atoms with Crippen molar-refractivity contribution in [2.75, 3.05) is 13.2 Å². The number of likely N-dealkylation sites (tertiary alicyclic amines) is 1. The molecule has 1 aromatic carbocycles. The number of hydrogen-bond donors (Lipinski definition) is 1. The maximum atomic E-state index is 13.3. The van der Waals surface area contributed by atoms with Gasteiger partial charge in [0.15, 0.2) is 0 Å². The molecule has 1 aliphatic rings. The second-order valence-corrected chi connectivity index (χ2v) is 5.95. The van der Waals surface area contributed by atoms with Gasteiger partial charge in [-0.25, -0.2) is 0 Å². The van der Waals surface area contributed by atoms with Gasteiger partial charge in [0.25, 0.3) is 5.91 Å². The van der Waals surface area contributed by atoms with Gasteiger partial charge in [0.2, 0.25) is 5.91 Å². The van der Waals surface area contributed by atoms with Gasteiger partial charge in [-0.3, -0.25) is 9.59 Å². The molecule has 5 nitrogen and oxygen atoms in total. The molecule has 1 fully saturated rings. The third-order valence-corrected chi connectivity index (χ3v) is 4.04. The molecule has 2 amide bonds. The lowest BCUT2D eigenvalue weighted by atomic mass is 9.96. The highest BCUT2D eigenvalue weighted by atomic mass is 19.4. The number of carbonyl (C=O) groups excluding carboxylic acids is 2. The summed E-state index contributed by atoms with van der Waals surface area (Å²) >= 11 is 0. The molecule has 2 atom stereocenters. The van der Waals surface area contributed by atoms with Crippen LogP contribution in [0.1, 0.15) is 37.0 Å². The molecule has 2 rings (SSSR count). The Morgan fingerprint density at radius 2 is 1.88 bits per heavy atom. The van der Waals surface area contributed by atoms with E-state index in [9.17, 15) is 22.8 Å². The minimum atomic E-state index is -4.51.